The fourth-order valence-electron chi connectivity index (χ4n) is 4.85. The van der Waals surface area contributed by atoms with Crippen molar-refractivity contribution in [3.63, 3.8) is 0 Å². The van der Waals surface area contributed by atoms with Crippen molar-refractivity contribution in [2.45, 2.75) is 71.4 Å². The molecule has 0 radical (unpaired) electrons. The van der Waals surface area contributed by atoms with E-state index in [9.17, 15) is 4.79 Å². The fourth-order valence-corrected chi connectivity index (χ4v) is 4.85. The molecule has 0 unspecified atom stereocenters. The van der Waals surface area contributed by atoms with E-state index in [1.807, 2.05) is 12.1 Å². The number of amides is 1. The van der Waals surface area contributed by atoms with E-state index in [1.165, 1.54) is 63.7 Å². The molecule has 1 N–H and O–H groups in total. The van der Waals surface area contributed by atoms with Crippen LogP contribution in [0.3, 0.4) is 0 Å². The highest BCUT2D eigenvalue weighted by Gasteiger charge is 2.20. The summed E-state index contributed by atoms with van der Waals surface area (Å²) in [4.78, 5) is 17.6. The van der Waals surface area contributed by atoms with Crippen molar-refractivity contribution in [3.8, 4) is 0 Å². The van der Waals surface area contributed by atoms with E-state index in [4.69, 9.17) is 0 Å². The maximum atomic E-state index is 12.4. The van der Waals surface area contributed by atoms with Gasteiger partial charge in [0.2, 0.25) is 0 Å². The quantitative estimate of drug-likeness (QED) is 0.678. The molecule has 0 spiro atoms. The Morgan fingerprint density at radius 2 is 1.93 bits per heavy atom. The summed E-state index contributed by atoms with van der Waals surface area (Å²) in [5.41, 5.74) is 2.08. The van der Waals surface area contributed by atoms with Crippen LogP contribution in [0, 0.1) is 5.92 Å². The molecule has 4 nitrogen and oxygen atoms in total. The summed E-state index contributed by atoms with van der Waals surface area (Å²) in [5, 5.41) is 3.10. The minimum absolute atomic E-state index is 0.0591. The zero-order valence-electron chi connectivity index (χ0n) is 18.0. The van der Waals surface area contributed by atoms with Gasteiger partial charge in [0.15, 0.2) is 0 Å². The lowest BCUT2D eigenvalue weighted by Crippen LogP contribution is -2.40. The van der Waals surface area contributed by atoms with E-state index in [-0.39, 0.29) is 5.91 Å². The van der Waals surface area contributed by atoms with Crippen LogP contribution in [0.2, 0.25) is 0 Å². The van der Waals surface area contributed by atoms with Gasteiger partial charge >= 0.3 is 0 Å². The second-order valence-electron chi connectivity index (χ2n) is 8.88. The molecule has 1 aromatic rings. The van der Waals surface area contributed by atoms with Gasteiger partial charge in [-0.2, -0.15) is 0 Å². The molecule has 2 fully saturated rings. The van der Waals surface area contributed by atoms with E-state index in [0.717, 1.165) is 43.6 Å². The van der Waals surface area contributed by atoms with Gasteiger partial charge in [0.1, 0.15) is 0 Å². The first kappa shape index (κ1) is 21.3. The number of carbonyl (C=O) groups excluding carboxylic acids is 1. The first-order valence-corrected chi connectivity index (χ1v) is 11.5. The second-order valence-corrected chi connectivity index (χ2v) is 8.88. The first-order valence-electron chi connectivity index (χ1n) is 11.5. The first-order chi connectivity index (χ1) is 13.7. The van der Waals surface area contributed by atoms with Crippen LogP contribution in [-0.4, -0.2) is 54.5 Å². The Morgan fingerprint density at radius 3 is 2.68 bits per heavy atom. The van der Waals surface area contributed by atoms with Gasteiger partial charge in [-0.3, -0.25) is 9.69 Å². The summed E-state index contributed by atoms with van der Waals surface area (Å²) < 4.78 is 0. The number of nitrogens with zero attached hydrogens (tertiary/aromatic N) is 2. The molecule has 2 aliphatic rings. The molecule has 3 rings (SSSR count). The van der Waals surface area contributed by atoms with Crippen molar-refractivity contribution in [3.05, 3.63) is 35.4 Å². The Morgan fingerprint density at radius 1 is 1.11 bits per heavy atom. The molecule has 28 heavy (non-hydrogen) atoms. The third-order valence-electron chi connectivity index (χ3n) is 6.49. The van der Waals surface area contributed by atoms with Crippen LogP contribution in [0.5, 0.6) is 0 Å². The zero-order chi connectivity index (χ0) is 19.8. The highest BCUT2D eigenvalue weighted by atomic mass is 16.1. The molecule has 0 aliphatic carbocycles. The third-order valence-corrected chi connectivity index (χ3v) is 6.49. The molecule has 0 bridgehead atoms. The lowest BCUT2D eigenvalue weighted by Gasteiger charge is -2.35. The SMILES string of the molecule is CC[C@H]1CCCCN1CCCNC(=O)c1ccc(CN2CCC[C@@H](C)C2)cc1. The fraction of sp³-hybridized carbons (Fsp3) is 0.708. The highest BCUT2D eigenvalue weighted by Crippen LogP contribution is 2.20. The minimum Gasteiger partial charge on any atom is -0.352 e. The number of likely N-dealkylation sites (tertiary alicyclic amines) is 2. The molecule has 2 saturated heterocycles. The number of hydrogen-bond acceptors (Lipinski definition) is 3. The van der Waals surface area contributed by atoms with Gasteiger partial charge in [0, 0.05) is 37.8 Å². The third kappa shape index (κ3) is 6.31. The lowest BCUT2D eigenvalue weighted by molar-refractivity contribution is 0.0947. The van der Waals surface area contributed by atoms with Crippen molar-refractivity contribution >= 4 is 5.91 Å². The van der Waals surface area contributed by atoms with Gasteiger partial charge in [0.05, 0.1) is 0 Å². The smallest absolute Gasteiger partial charge is 0.251 e. The molecule has 0 aromatic heterocycles. The summed E-state index contributed by atoms with van der Waals surface area (Å²) in [6.45, 7) is 11.1. The Kier molecular flexibility index (Phi) is 8.35. The van der Waals surface area contributed by atoms with Gasteiger partial charge in [-0.25, -0.2) is 0 Å². The lowest BCUT2D eigenvalue weighted by atomic mass is 9.99. The summed E-state index contributed by atoms with van der Waals surface area (Å²) >= 11 is 0. The summed E-state index contributed by atoms with van der Waals surface area (Å²) in [7, 11) is 0. The Balaban J connectivity index is 1.38. The van der Waals surface area contributed by atoms with Crippen LogP contribution < -0.4 is 5.32 Å². The van der Waals surface area contributed by atoms with E-state index in [1.54, 1.807) is 0 Å². The highest BCUT2D eigenvalue weighted by molar-refractivity contribution is 5.94. The molecular formula is C24H39N3O. The van der Waals surface area contributed by atoms with Gasteiger partial charge in [-0.1, -0.05) is 32.4 Å². The minimum atomic E-state index is 0.0591. The van der Waals surface area contributed by atoms with Crippen molar-refractivity contribution in [2.24, 2.45) is 5.92 Å². The predicted molar refractivity (Wildman–Crippen MR) is 117 cm³/mol. The van der Waals surface area contributed by atoms with Gasteiger partial charge < -0.3 is 10.2 Å². The van der Waals surface area contributed by atoms with E-state index in [0.29, 0.717) is 0 Å². The van der Waals surface area contributed by atoms with Crippen molar-refractivity contribution in [1.29, 1.82) is 0 Å². The molecule has 156 valence electrons. The monoisotopic (exact) mass is 385 g/mol. The Hall–Kier alpha value is -1.39. The normalized spacial score (nSPS) is 24.2. The predicted octanol–water partition coefficient (Wildman–Crippen LogP) is 4.30. The number of piperidine rings is 2. The van der Waals surface area contributed by atoms with Crippen LogP contribution in [0.1, 0.15) is 74.7 Å². The maximum absolute atomic E-state index is 12.4. The molecular weight excluding hydrogens is 346 g/mol. The standard InChI is InChI=1S/C24H39N3O/c1-3-23-9-4-5-16-27(23)17-7-14-25-24(28)22-12-10-21(11-13-22)19-26-15-6-8-20(2)18-26/h10-13,20,23H,3-9,14-19H2,1-2H3,(H,25,28)/t20-,23+/m1/s1. The molecule has 0 saturated carbocycles. The van der Waals surface area contributed by atoms with E-state index < -0.39 is 0 Å². The number of rotatable bonds is 8. The van der Waals surface area contributed by atoms with Crippen molar-refractivity contribution in [1.82, 2.24) is 15.1 Å². The number of hydrogen-bond donors (Lipinski definition) is 1. The van der Waals surface area contributed by atoms with Crippen LogP contribution in [0.25, 0.3) is 0 Å². The largest absolute Gasteiger partial charge is 0.352 e. The molecule has 2 atom stereocenters. The average Bonchev–Trinajstić information content (AvgIpc) is 2.72. The molecule has 2 aliphatic heterocycles. The van der Waals surface area contributed by atoms with Crippen LogP contribution >= 0.6 is 0 Å². The summed E-state index contributed by atoms with van der Waals surface area (Å²) in [5.74, 6) is 0.861. The Bertz CT molecular complexity index is 600. The average molecular weight is 386 g/mol. The summed E-state index contributed by atoms with van der Waals surface area (Å²) in [6, 6.07) is 8.95. The number of carbonyl (C=O) groups is 1. The van der Waals surface area contributed by atoms with E-state index in [2.05, 4.69) is 41.1 Å². The van der Waals surface area contributed by atoms with Gasteiger partial charge in [-0.15, -0.1) is 0 Å². The topological polar surface area (TPSA) is 35.6 Å². The summed E-state index contributed by atoms with van der Waals surface area (Å²) in [6.07, 6.45) is 8.97. The maximum Gasteiger partial charge on any atom is 0.251 e. The van der Waals surface area contributed by atoms with E-state index >= 15 is 0 Å². The Labute approximate surface area is 171 Å². The second kappa shape index (κ2) is 11.0. The van der Waals surface area contributed by atoms with Crippen molar-refractivity contribution < 1.29 is 4.79 Å². The molecule has 4 heteroatoms. The number of nitrogens with one attached hydrogen (secondary N) is 1. The van der Waals surface area contributed by atoms with Crippen molar-refractivity contribution in [2.75, 3.05) is 32.7 Å². The zero-order valence-corrected chi connectivity index (χ0v) is 18.0. The number of benzene rings is 1. The van der Waals surface area contributed by atoms with Crippen LogP contribution in [-0.2, 0) is 6.54 Å². The van der Waals surface area contributed by atoms with Crippen LogP contribution in [0.4, 0.5) is 0 Å². The van der Waals surface area contributed by atoms with Gasteiger partial charge in [0.25, 0.3) is 5.91 Å². The van der Waals surface area contributed by atoms with Gasteiger partial charge in [-0.05, 0) is 75.2 Å². The van der Waals surface area contributed by atoms with Crippen LogP contribution in [0.15, 0.2) is 24.3 Å². The molecule has 1 aromatic carbocycles. The molecule has 2 heterocycles. The molecule has 1 amide bonds.